The molecule has 2 aliphatic heterocycles. The average molecular weight is 333 g/mol. The van der Waals surface area contributed by atoms with E-state index in [1.807, 2.05) is 24.9 Å². The third-order valence-corrected chi connectivity index (χ3v) is 5.18. The summed E-state index contributed by atoms with van der Waals surface area (Å²) in [5.41, 5.74) is 0.887. The van der Waals surface area contributed by atoms with Crippen molar-refractivity contribution < 1.29 is 4.79 Å². The highest BCUT2D eigenvalue weighted by Crippen LogP contribution is 2.26. The fourth-order valence-corrected chi connectivity index (χ4v) is 3.74. The standard InChI is InChI=1S/C14H19N7OS/c1-10-16-17-13(23-10)9-19-6-12(7-19)21-8-11(5-15-21)20-4-3-18(2)14(20)22/h5,8,12H,3-4,6-7,9H2,1-2H3. The van der Waals surface area contributed by atoms with Crippen LogP contribution in [0.3, 0.4) is 0 Å². The molecule has 0 saturated carbocycles. The highest BCUT2D eigenvalue weighted by Gasteiger charge is 2.32. The summed E-state index contributed by atoms with van der Waals surface area (Å²) in [6.45, 7) is 6.23. The largest absolute Gasteiger partial charge is 0.326 e. The second kappa shape index (κ2) is 5.57. The van der Waals surface area contributed by atoms with E-state index in [1.165, 1.54) is 0 Å². The van der Waals surface area contributed by atoms with Crippen molar-refractivity contribution in [3.8, 4) is 0 Å². The molecule has 2 fully saturated rings. The molecule has 2 aliphatic rings. The van der Waals surface area contributed by atoms with E-state index in [1.54, 1.807) is 27.3 Å². The van der Waals surface area contributed by atoms with E-state index in [9.17, 15) is 4.79 Å². The van der Waals surface area contributed by atoms with Crippen molar-refractivity contribution in [3.63, 3.8) is 0 Å². The first-order valence-electron chi connectivity index (χ1n) is 7.68. The minimum absolute atomic E-state index is 0.0476. The molecule has 8 nitrogen and oxygen atoms in total. The normalized spacial score (nSPS) is 19.7. The van der Waals surface area contributed by atoms with Gasteiger partial charge in [-0.1, -0.05) is 0 Å². The minimum atomic E-state index is 0.0476. The van der Waals surface area contributed by atoms with E-state index in [0.29, 0.717) is 6.04 Å². The molecule has 0 bridgehead atoms. The molecule has 0 spiro atoms. The molecule has 2 aromatic rings. The lowest BCUT2D eigenvalue weighted by Crippen LogP contribution is -2.47. The van der Waals surface area contributed by atoms with E-state index < -0.39 is 0 Å². The molecule has 2 amide bonds. The van der Waals surface area contributed by atoms with Crippen LogP contribution >= 0.6 is 11.3 Å². The van der Waals surface area contributed by atoms with Gasteiger partial charge in [-0.2, -0.15) is 5.10 Å². The van der Waals surface area contributed by atoms with Gasteiger partial charge in [0.2, 0.25) is 0 Å². The van der Waals surface area contributed by atoms with E-state index in [2.05, 4.69) is 20.2 Å². The quantitative estimate of drug-likeness (QED) is 0.834. The monoisotopic (exact) mass is 333 g/mol. The lowest BCUT2D eigenvalue weighted by Gasteiger charge is -2.38. The molecule has 0 aliphatic carbocycles. The number of rotatable bonds is 4. The summed E-state index contributed by atoms with van der Waals surface area (Å²) < 4.78 is 1.97. The van der Waals surface area contributed by atoms with Gasteiger partial charge in [0.25, 0.3) is 0 Å². The molecule has 4 rings (SSSR count). The predicted molar refractivity (Wildman–Crippen MR) is 86.6 cm³/mol. The molecule has 0 atom stereocenters. The van der Waals surface area contributed by atoms with Crippen LogP contribution in [0.25, 0.3) is 0 Å². The Hall–Kier alpha value is -2.00. The van der Waals surface area contributed by atoms with E-state index in [-0.39, 0.29) is 6.03 Å². The molecule has 0 N–H and O–H groups in total. The van der Waals surface area contributed by atoms with Crippen molar-refractivity contribution >= 4 is 23.1 Å². The number of aryl methyl sites for hydroxylation is 1. The second-order valence-corrected chi connectivity index (χ2v) is 7.36. The lowest BCUT2D eigenvalue weighted by atomic mass is 10.1. The summed E-state index contributed by atoms with van der Waals surface area (Å²) >= 11 is 1.65. The fraction of sp³-hybridized carbons (Fsp3) is 0.571. The molecule has 0 aromatic carbocycles. The van der Waals surface area contributed by atoms with Crippen LogP contribution in [0.4, 0.5) is 10.5 Å². The Kier molecular flexibility index (Phi) is 3.53. The molecule has 0 unspecified atom stereocenters. The maximum absolute atomic E-state index is 12.0. The van der Waals surface area contributed by atoms with Crippen LogP contribution in [0, 0.1) is 6.92 Å². The van der Waals surface area contributed by atoms with Gasteiger partial charge in [-0.05, 0) is 6.92 Å². The zero-order valence-electron chi connectivity index (χ0n) is 13.2. The molecule has 0 radical (unpaired) electrons. The Labute approximate surface area is 138 Å². The van der Waals surface area contributed by atoms with Gasteiger partial charge in [-0.15, -0.1) is 21.5 Å². The number of anilines is 1. The van der Waals surface area contributed by atoms with Crippen LogP contribution in [-0.4, -0.2) is 69.0 Å². The Balaban J connectivity index is 1.35. The highest BCUT2D eigenvalue weighted by molar-refractivity contribution is 7.11. The zero-order valence-corrected chi connectivity index (χ0v) is 14.0. The summed E-state index contributed by atoms with van der Waals surface area (Å²) in [6, 6.07) is 0.416. The third kappa shape index (κ3) is 2.70. The first-order chi connectivity index (χ1) is 11.1. The Morgan fingerprint density at radius 2 is 2.13 bits per heavy atom. The number of aromatic nitrogens is 4. The molecular formula is C14H19N7OS. The van der Waals surface area contributed by atoms with Gasteiger partial charge < -0.3 is 4.90 Å². The first-order valence-corrected chi connectivity index (χ1v) is 8.50. The highest BCUT2D eigenvalue weighted by atomic mass is 32.1. The van der Waals surface area contributed by atoms with Gasteiger partial charge in [-0.3, -0.25) is 14.5 Å². The van der Waals surface area contributed by atoms with Crippen molar-refractivity contribution in [2.24, 2.45) is 0 Å². The summed E-state index contributed by atoms with van der Waals surface area (Å²) in [7, 11) is 1.83. The Morgan fingerprint density at radius 1 is 1.30 bits per heavy atom. The maximum Gasteiger partial charge on any atom is 0.324 e. The average Bonchev–Trinajstić information content (AvgIpc) is 3.17. The lowest BCUT2D eigenvalue weighted by molar-refractivity contribution is 0.0906. The van der Waals surface area contributed by atoms with Crippen LogP contribution in [0.1, 0.15) is 16.1 Å². The maximum atomic E-state index is 12.0. The van der Waals surface area contributed by atoms with Crippen molar-refractivity contribution in [1.29, 1.82) is 0 Å². The van der Waals surface area contributed by atoms with Gasteiger partial charge >= 0.3 is 6.03 Å². The third-order valence-electron chi connectivity index (χ3n) is 4.35. The molecule has 2 saturated heterocycles. The van der Waals surface area contributed by atoms with Crippen LogP contribution < -0.4 is 4.90 Å². The van der Waals surface area contributed by atoms with Crippen molar-refractivity contribution in [2.75, 3.05) is 38.1 Å². The molecule has 2 aromatic heterocycles. The van der Waals surface area contributed by atoms with Crippen LogP contribution in [0.5, 0.6) is 0 Å². The topological polar surface area (TPSA) is 70.4 Å². The summed E-state index contributed by atoms with van der Waals surface area (Å²) in [5, 5.41) is 14.7. The summed E-state index contributed by atoms with van der Waals surface area (Å²) in [5.74, 6) is 0. The van der Waals surface area contributed by atoms with Gasteiger partial charge in [0, 0.05) is 39.4 Å². The number of hydrogen-bond donors (Lipinski definition) is 0. The molecule has 122 valence electrons. The molecule has 4 heterocycles. The Bertz CT molecular complexity index is 720. The molecule has 9 heteroatoms. The van der Waals surface area contributed by atoms with E-state index >= 15 is 0 Å². The number of carbonyl (C=O) groups excluding carboxylic acids is 1. The predicted octanol–water partition coefficient (Wildman–Crippen LogP) is 0.972. The van der Waals surface area contributed by atoms with Crippen LogP contribution in [0.2, 0.25) is 0 Å². The van der Waals surface area contributed by atoms with Crippen molar-refractivity contribution in [3.05, 3.63) is 22.4 Å². The number of likely N-dealkylation sites (N-methyl/N-ethyl adjacent to an activating group) is 1. The number of urea groups is 1. The summed E-state index contributed by atoms with van der Waals surface area (Å²) in [4.78, 5) is 17.9. The van der Waals surface area contributed by atoms with Gasteiger partial charge in [0.15, 0.2) is 0 Å². The van der Waals surface area contributed by atoms with Crippen molar-refractivity contribution in [2.45, 2.75) is 19.5 Å². The van der Waals surface area contributed by atoms with Gasteiger partial charge in [0.05, 0.1) is 24.5 Å². The van der Waals surface area contributed by atoms with Gasteiger partial charge in [-0.25, -0.2) is 4.79 Å². The molecule has 23 heavy (non-hydrogen) atoms. The first kappa shape index (κ1) is 14.6. The number of carbonyl (C=O) groups is 1. The number of amides is 2. The zero-order chi connectivity index (χ0) is 16.0. The SMILES string of the molecule is Cc1nnc(CN2CC(n3cc(N4CCN(C)C4=O)cn3)C2)s1. The minimum Gasteiger partial charge on any atom is -0.326 e. The van der Waals surface area contributed by atoms with Crippen LogP contribution in [0.15, 0.2) is 12.4 Å². The Morgan fingerprint density at radius 3 is 2.78 bits per heavy atom. The number of likely N-dealkylation sites (tertiary alicyclic amines) is 1. The summed E-state index contributed by atoms with van der Waals surface area (Å²) in [6.07, 6.45) is 3.77. The fourth-order valence-electron chi connectivity index (χ4n) is 2.99. The van der Waals surface area contributed by atoms with E-state index in [0.717, 1.165) is 48.4 Å². The van der Waals surface area contributed by atoms with Gasteiger partial charge in [0.1, 0.15) is 10.0 Å². The van der Waals surface area contributed by atoms with E-state index in [4.69, 9.17) is 0 Å². The number of hydrogen-bond acceptors (Lipinski definition) is 6. The second-order valence-electron chi connectivity index (χ2n) is 6.10. The smallest absolute Gasteiger partial charge is 0.324 e. The molecular weight excluding hydrogens is 314 g/mol. The van der Waals surface area contributed by atoms with Crippen molar-refractivity contribution in [1.82, 2.24) is 29.8 Å². The number of nitrogens with zero attached hydrogens (tertiary/aromatic N) is 7. The van der Waals surface area contributed by atoms with Crippen LogP contribution in [-0.2, 0) is 6.54 Å².